The fraction of sp³-hybridized carbons (Fsp3) is 0. The van der Waals surface area contributed by atoms with Gasteiger partial charge in [-0.1, -0.05) is 0 Å². The molecule has 24 heavy (non-hydrogen) atoms. The second-order valence-corrected chi connectivity index (χ2v) is 8.50. The molecule has 0 saturated heterocycles. The Morgan fingerprint density at radius 2 is 0.875 bits per heavy atom. The average Bonchev–Trinajstić information content (AvgIpc) is 2.59. The van der Waals surface area contributed by atoms with Crippen LogP contribution in [0.1, 0.15) is 22.3 Å². The number of nitriles is 4. The third-order valence-corrected chi connectivity index (χ3v) is 8.76. The molecule has 0 aliphatic heterocycles. The highest BCUT2D eigenvalue weighted by atomic mass is 127. The van der Waals surface area contributed by atoms with Crippen molar-refractivity contribution in [2.45, 2.75) is 0 Å². The molecule has 0 spiro atoms. The number of hydrogen-bond acceptors (Lipinski definition) is 4. The Hall–Kier alpha value is -0.680. The predicted molar refractivity (Wildman–Crippen MR) is 123 cm³/mol. The number of benzene rings is 2. The first kappa shape index (κ1) is 21.4. The molecule has 0 aromatic heterocycles. The molecule has 0 saturated carbocycles. The summed E-state index contributed by atoms with van der Waals surface area (Å²) in [6.45, 7) is 0. The number of nitrogens with zero attached hydrogens (tertiary/aromatic N) is 4. The molecule has 0 amide bonds. The van der Waals surface area contributed by atoms with Crippen LogP contribution in [0.3, 0.4) is 0 Å². The minimum absolute atomic E-state index is 0.447. The Morgan fingerprint density at radius 1 is 0.542 bits per heavy atom. The molecule has 4 nitrogen and oxygen atoms in total. The van der Waals surface area contributed by atoms with Gasteiger partial charge in [0.2, 0.25) is 0 Å². The quantitative estimate of drug-likeness (QED) is 0.342. The molecule has 0 fully saturated rings. The number of hydrogen-bond donors (Lipinski definition) is 0. The number of halogens is 4. The fourth-order valence-corrected chi connectivity index (χ4v) is 3.59. The van der Waals surface area contributed by atoms with E-state index in [1.54, 1.807) is 12.1 Å². The van der Waals surface area contributed by atoms with Gasteiger partial charge in [-0.15, -0.1) is 0 Å². The summed E-state index contributed by atoms with van der Waals surface area (Å²) in [6, 6.07) is 15.0. The summed E-state index contributed by atoms with van der Waals surface area (Å²) < 4.78 is 3.72. The monoisotopic (exact) mass is 760 g/mol. The molecule has 0 atom stereocenters. The molecule has 2 aromatic rings. The smallest absolute Gasteiger partial charge is 0.102 e. The SMILES string of the molecule is N#Cc1ccc(I)c(I)c1C#N.N#Cc1ccc(I)c(I)c1C#N. The Balaban J connectivity index is 0.000000240. The van der Waals surface area contributed by atoms with Gasteiger partial charge in [0.1, 0.15) is 24.3 Å². The van der Waals surface area contributed by atoms with E-state index in [-0.39, 0.29) is 0 Å². The largest absolute Gasteiger partial charge is 0.192 e. The normalized spacial score (nSPS) is 8.67. The van der Waals surface area contributed by atoms with Gasteiger partial charge in [-0.2, -0.15) is 21.0 Å². The lowest BCUT2D eigenvalue weighted by atomic mass is 10.1. The zero-order chi connectivity index (χ0) is 18.3. The summed E-state index contributed by atoms with van der Waals surface area (Å²) in [5.41, 5.74) is 1.85. The predicted octanol–water partition coefficient (Wildman–Crippen LogP) is 5.28. The van der Waals surface area contributed by atoms with E-state index in [0.29, 0.717) is 22.3 Å². The first-order chi connectivity index (χ1) is 11.4. The zero-order valence-electron chi connectivity index (χ0n) is 11.6. The minimum Gasteiger partial charge on any atom is -0.192 e. The molecule has 0 bridgehead atoms. The molecule has 0 unspecified atom stereocenters. The average molecular weight is 760 g/mol. The van der Waals surface area contributed by atoms with Gasteiger partial charge in [-0.05, 0) is 115 Å². The summed E-state index contributed by atoms with van der Waals surface area (Å²) in [6.07, 6.45) is 0. The summed E-state index contributed by atoms with van der Waals surface area (Å²) in [4.78, 5) is 0. The van der Waals surface area contributed by atoms with Crippen molar-refractivity contribution >= 4 is 90.4 Å². The van der Waals surface area contributed by atoms with Crippen LogP contribution in [0, 0.1) is 59.6 Å². The topological polar surface area (TPSA) is 95.2 Å². The lowest BCUT2D eigenvalue weighted by Gasteiger charge is -1.99. The Labute approximate surface area is 194 Å². The van der Waals surface area contributed by atoms with E-state index in [2.05, 4.69) is 90.4 Å². The Kier molecular flexibility index (Phi) is 9.21. The van der Waals surface area contributed by atoms with Crippen LogP contribution in [0.2, 0.25) is 0 Å². The maximum atomic E-state index is 8.75. The molecule has 0 aliphatic rings. The Bertz CT molecular complexity index is 877. The minimum atomic E-state index is 0.447. The lowest BCUT2D eigenvalue weighted by Crippen LogP contribution is -1.90. The van der Waals surface area contributed by atoms with Gasteiger partial charge in [0, 0.05) is 14.3 Å². The van der Waals surface area contributed by atoms with Crippen molar-refractivity contribution in [1.29, 1.82) is 21.0 Å². The summed E-state index contributed by atoms with van der Waals surface area (Å²) in [5, 5.41) is 34.8. The molecule has 0 heterocycles. The summed E-state index contributed by atoms with van der Waals surface area (Å²) in [7, 11) is 0. The van der Waals surface area contributed by atoms with Crippen molar-refractivity contribution in [1.82, 2.24) is 0 Å². The maximum absolute atomic E-state index is 8.75. The molecular weight excluding hydrogens is 756 g/mol. The van der Waals surface area contributed by atoms with Crippen LogP contribution < -0.4 is 0 Å². The van der Waals surface area contributed by atoms with Crippen molar-refractivity contribution < 1.29 is 0 Å². The third kappa shape index (κ3) is 5.16. The lowest BCUT2D eigenvalue weighted by molar-refractivity contribution is 1.40. The van der Waals surface area contributed by atoms with Crippen LogP contribution in [0.5, 0.6) is 0 Å². The Morgan fingerprint density at radius 3 is 1.12 bits per heavy atom. The first-order valence-corrected chi connectivity index (χ1v) is 10.3. The van der Waals surface area contributed by atoms with Gasteiger partial charge in [-0.3, -0.25) is 0 Å². The van der Waals surface area contributed by atoms with Crippen LogP contribution in [-0.4, -0.2) is 0 Å². The standard InChI is InChI=1S/2C8H2I2N2/c2*9-7-2-1-5(3-11)6(4-12)8(7)10/h2*1-2H. The molecule has 116 valence electrons. The fourth-order valence-electron chi connectivity index (χ4n) is 1.51. The maximum Gasteiger partial charge on any atom is 0.102 e. The van der Waals surface area contributed by atoms with Crippen molar-refractivity contribution in [2.75, 3.05) is 0 Å². The van der Waals surface area contributed by atoms with E-state index in [1.807, 2.05) is 36.4 Å². The number of rotatable bonds is 0. The molecular formula is C16H4I4N4. The second-order valence-electron chi connectivity index (χ2n) is 4.02. The highest BCUT2D eigenvalue weighted by Crippen LogP contribution is 2.22. The summed E-state index contributed by atoms with van der Waals surface area (Å²) in [5.74, 6) is 0. The van der Waals surface area contributed by atoms with Crippen molar-refractivity contribution in [2.24, 2.45) is 0 Å². The van der Waals surface area contributed by atoms with Crippen molar-refractivity contribution in [3.8, 4) is 24.3 Å². The molecule has 0 radical (unpaired) electrons. The molecule has 0 aliphatic carbocycles. The van der Waals surface area contributed by atoms with Gasteiger partial charge >= 0.3 is 0 Å². The first-order valence-electron chi connectivity index (χ1n) is 5.97. The summed E-state index contributed by atoms with van der Waals surface area (Å²) >= 11 is 8.42. The highest BCUT2D eigenvalue weighted by Gasteiger charge is 2.09. The van der Waals surface area contributed by atoms with E-state index in [0.717, 1.165) is 14.3 Å². The second kappa shape index (κ2) is 10.3. The van der Waals surface area contributed by atoms with E-state index in [4.69, 9.17) is 21.0 Å². The van der Waals surface area contributed by atoms with E-state index < -0.39 is 0 Å². The van der Waals surface area contributed by atoms with Gasteiger partial charge < -0.3 is 0 Å². The van der Waals surface area contributed by atoms with Crippen molar-refractivity contribution in [3.63, 3.8) is 0 Å². The molecule has 2 aromatic carbocycles. The van der Waals surface area contributed by atoms with Gasteiger partial charge in [0.05, 0.1) is 22.3 Å². The van der Waals surface area contributed by atoms with Gasteiger partial charge in [-0.25, -0.2) is 0 Å². The zero-order valence-corrected chi connectivity index (χ0v) is 20.2. The van der Waals surface area contributed by atoms with Crippen LogP contribution in [0.15, 0.2) is 24.3 Å². The molecule has 0 N–H and O–H groups in total. The highest BCUT2D eigenvalue weighted by molar-refractivity contribution is 14.1. The van der Waals surface area contributed by atoms with E-state index in [9.17, 15) is 0 Å². The van der Waals surface area contributed by atoms with Crippen LogP contribution in [0.4, 0.5) is 0 Å². The van der Waals surface area contributed by atoms with Gasteiger partial charge in [0.25, 0.3) is 0 Å². The molecule has 2 rings (SSSR count). The third-order valence-electron chi connectivity index (χ3n) is 2.65. The van der Waals surface area contributed by atoms with E-state index >= 15 is 0 Å². The van der Waals surface area contributed by atoms with Gasteiger partial charge in [0.15, 0.2) is 0 Å². The van der Waals surface area contributed by atoms with Crippen LogP contribution in [-0.2, 0) is 0 Å². The molecule has 8 heteroatoms. The van der Waals surface area contributed by atoms with Crippen molar-refractivity contribution in [3.05, 3.63) is 60.8 Å². The van der Waals surface area contributed by atoms with Crippen LogP contribution >= 0.6 is 90.4 Å². The van der Waals surface area contributed by atoms with Crippen LogP contribution in [0.25, 0.3) is 0 Å². The van der Waals surface area contributed by atoms with E-state index in [1.165, 1.54) is 0 Å².